The average molecular weight is 215 g/mol. The number of amides is 1. The molecule has 0 spiro atoms. The Bertz CT molecular complexity index is 212. The molecule has 0 aromatic heterocycles. The summed E-state index contributed by atoms with van der Waals surface area (Å²) >= 11 is 0. The Hall–Kier alpha value is -1.06. The number of carbonyl (C=O) groups excluding carboxylic acids is 1. The summed E-state index contributed by atoms with van der Waals surface area (Å²) in [5, 5.41) is 11.3. The lowest BCUT2D eigenvalue weighted by atomic mass is 10.0. The first-order valence-electron chi connectivity index (χ1n) is 5.50. The second-order valence-corrected chi connectivity index (χ2v) is 3.96. The van der Waals surface area contributed by atoms with E-state index in [0.29, 0.717) is 6.54 Å². The van der Waals surface area contributed by atoms with Crippen molar-refractivity contribution in [1.82, 2.24) is 5.32 Å². The maximum Gasteiger partial charge on any atom is 0.303 e. The standard InChI is InChI=1S/C11H21NO3/c1-4-9(5-2)11(15)12-7-8(3)6-10(13)14/h8-9H,4-7H2,1-3H3,(H,12,15)(H,13,14). The lowest BCUT2D eigenvalue weighted by Gasteiger charge is -2.15. The van der Waals surface area contributed by atoms with Gasteiger partial charge in [0, 0.05) is 18.9 Å². The van der Waals surface area contributed by atoms with Gasteiger partial charge in [-0.2, -0.15) is 0 Å². The highest BCUT2D eigenvalue weighted by atomic mass is 16.4. The molecular weight excluding hydrogens is 194 g/mol. The van der Waals surface area contributed by atoms with Gasteiger partial charge in [-0.05, 0) is 18.8 Å². The first kappa shape index (κ1) is 13.9. The van der Waals surface area contributed by atoms with Crippen LogP contribution < -0.4 is 5.32 Å². The number of hydrogen-bond donors (Lipinski definition) is 2. The molecular formula is C11H21NO3. The maximum atomic E-state index is 11.5. The lowest BCUT2D eigenvalue weighted by Crippen LogP contribution is -2.33. The van der Waals surface area contributed by atoms with E-state index in [2.05, 4.69) is 5.32 Å². The number of carbonyl (C=O) groups is 2. The molecule has 4 nitrogen and oxygen atoms in total. The molecule has 0 aliphatic carbocycles. The van der Waals surface area contributed by atoms with Crippen LogP contribution in [0.25, 0.3) is 0 Å². The molecule has 88 valence electrons. The first-order valence-corrected chi connectivity index (χ1v) is 5.50. The predicted octanol–water partition coefficient (Wildman–Crippen LogP) is 1.65. The van der Waals surface area contributed by atoms with Gasteiger partial charge in [-0.1, -0.05) is 20.8 Å². The quantitative estimate of drug-likeness (QED) is 0.678. The molecule has 2 N–H and O–H groups in total. The van der Waals surface area contributed by atoms with Crippen LogP contribution in [-0.2, 0) is 9.59 Å². The number of hydrogen-bond acceptors (Lipinski definition) is 2. The SMILES string of the molecule is CCC(CC)C(=O)NCC(C)CC(=O)O. The van der Waals surface area contributed by atoms with E-state index < -0.39 is 5.97 Å². The summed E-state index contributed by atoms with van der Waals surface area (Å²) in [4.78, 5) is 21.9. The molecule has 0 radical (unpaired) electrons. The van der Waals surface area contributed by atoms with Gasteiger partial charge >= 0.3 is 5.97 Å². The summed E-state index contributed by atoms with van der Waals surface area (Å²) in [6, 6.07) is 0. The smallest absolute Gasteiger partial charge is 0.303 e. The van der Waals surface area contributed by atoms with Gasteiger partial charge in [0.2, 0.25) is 5.91 Å². The van der Waals surface area contributed by atoms with Crippen LogP contribution in [0.4, 0.5) is 0 Å². The highest BCUT2D eigenvalue weighted by molar-refractivity contribution is 5.78. The van der Waals surface area contributed by atoms with E-state index in [4.69, 9.17) is 5.11 Å². The topological polar surface area (TPSA) is 66.4 Å². The summed E-state index contributed by atoms with van der Waals surface area (Å²) in [6.07, 6.45) is 1.76. The minimum atomic E-state index is -0.820. The van der Waals surface area contributed by atoms with Crippen LogP contribution >= 0.6 is 0 Å². The molecule has 0 aliphatic rings. The molecule has 0 aliphatic heterocycles. The molecule has 0 heterocycles. The van der Waals surface area contributed by atoms with E-state index in [9.17, 15) is 9.59 Å². The molecule has 4 heteroatoms. The molecule has 0 saturated heterocycles. The fraction of sp³-hybridized carbons (Fsp3) is 0.818. The largest absolute Gasteiger partial charge is 0.481 e. The van der Waals surface area contributed by atoms with Crippen molar-refractivity contribution in [2.45, 2.75) is 40.0 Å². The van der Waals surface area contributed by atoms with Crippen LogP contribution in [0.15, 0.2) is 0 Å². The summed E-state index contributed by atoms with van der Waals surface area (Å²) < 4.78 is 0. The zero-order valence-corrected chi connectivity index (χ0v) is 9.75. The number of aliphatic carboxylic acids is 1. The van der Waals surface area contributed by atoms with Crippen molar-refractivity contribution in [2.75, 3.05) is 6.54 Å². The van der Waals surface area contributed by atoms with Crippen LogP contribution in [0.5, 0.6) is 0 Å². The predicted molar refractivity (Wildman–Crippen MR) is 58.5 cm³/mol. The van der Waals surface area contributed by atoms with Crippen LogP contribution in [0.3, 0.4) is 0 Å². The Morgan fingerprint density at radius 1 is 1.27 bits per heavy atom. The van der Waals surface area contributed by atoms with E-state index in [1.54, 1.807) is 0 Å². The molecule has 0 fully saturated rings. The molecule has 0 bridgehead atoms. The fourth-order valence-electron chi connectivity index (χ4n) is 1.45. The first-order chi connectivity index (χ1) is 7.01. The van der Waals surface area contributed by atoms with Gasteiger partial charge in [0.15, 0.2) is 0 Å². The zero-order chi connectivity index (χ0) is 11.8. The summed E-state index contributed by atoms with van der Waals surface area (Å²) in [5.41, 5.74) is 0. The van der Waals surface area contributed by atoms with Crippen LogP contribution in [0.1, 0.15) is 40.0 Å². The Labute approximate surface area is 91.1 Å². The van der Waals surface area contributed by atoms with Gasteiger partial charge in [0.1, 0.15) is 0 Å². The number of carboxylic acids is 1. The second kappa shape index (κ2) is 7.26. The third kappa shape index (κ3) is 6.10. The Kier molecular flexibility index (Phi) is 6.75. The number of rotatable bonds is 7. The maximum absolute atomic E-state index is 11.5. The molecule has 0 aromatic rings. The van der Waals surface area contributed by atoms with Crippen molar-refractivity contribution in [3.05, 3.63) is 0 Å². The molecule has 0 saturated carbocycles. The molecule has 0 rings (SSSR count). The summed E-state index contributed by atoms with van der Waals surface area (Å²) in [6.45, 7) is 6.23. The number of nitrogens with one attached hydrogen (secondary N) is 1. The van der Waals surface area contributed by atoms with Gasteiger partial charge in [-0.25, -0.2) is 0 Å². The van der Waals surface area contributed by atoms with Gasteiger partial charge in [0.25, 0.3) is 0 Å². The third-order valence-corrected chi connectivity index (χ3v) is 2.50. The second-order valence-electron chi connectivity index (χ2n) is 3.96. The molecule has 1 amide bonds. The van der Waals surface area contributed by atoms with Crippen LogP contribution in [0, 0.1) is 11.8 Å². The third-order valence-electron chi connectivity index (χ3n) is 2.50. The summed E-state index contributed by atoms with van der Waals surface area (Å²) in [5.74, 6) is -0.737. The monoisotopic (exact) mass is 215 g/mol. The lowest BCUT2D eigenvalue weighted by molar-refractivity contribution is -0.138. The van der Waals surface area contributed by atoms with Crippen molar-refractivity contribution in [1.29, 1.82) is 0 Å². The van der Waals surface area contributed by atoms with E-state index in [1.807, 2.05) is 20.8 Å². The average Bonchev–Trinajstić information content (AvgIpc) is 2.15. The van der Waals surface area contributed by atoms with E-state index >= 15 is 0 Å². The van der Waals surface area contributed by atoms with Crippen LogP contribution in [-0.4, -0.2) is 23.5 Å². The highest BCUT2D eigenvalue weighted by Crippen LogP contribution is 2.07. The number of carboxylic acid groups (broad SMARTS) is 1. The Balaban J connectivity index is 3.83. The van der Waals surface area contributed by atoms with Crippen molar-refractivity contribution in [2.24, 2.45) is 11.8 Å². The Morgan fingerprint density at radius 3 is 2.20 bits per heavy atom. The Morgan fingerprint density at radius 2 is 1.80 bits per heavy atom. The van der Waals surface area contributed by atoms with Crippen molar-refractivity contribution >= 4 is 11.9 Å². The highest BCUT2D eigenvalue weighted by Gasteiger charge is 2.15. The van der Waals surface area contributed by atoms with Crippen molar-refractivity contribution in [3.63, 3.8) is 0 Å². The molecule has 1 unspecified atom stereocenters. The normalized spacial score (nSPS) is 12.5. The van der Waals surface area contributed by atoms with E-state index in [-0.39, 0.29) is 24.2 Å². The van der Waals surface area contributed by atoms with Gasteiger partial charge in [-0.3, -0.25) is 9.59 Å². The van der Waals surface area contributed by atoms with E-state index in [0.717, 1.165) is 12.8 Å². The van der Waals surface area contributed by atoms with Crippen molar-refractivity contribution in [3.8, 4) is 0 Å². The fourth-order valence-corrected chi connectivity index (χ4v) is 1.45. The molecule has 0 aromatic carbocycles. The minimum absolute atomic E-state index is 0.0131. The van der Waals surface area contributed by atoms with Crippen molar-refractivity contribution < 1.29 is 14.7 Å². The van der Waals surface area contributed by atoms with Crippen LogP contribution in [0.2, 0.25) is 0 Å². The minimum Gasteiger partial charge on any atom is -0.481 e. The zero-order valence-electron chi connectivity index (χ0n) is 9.75. The van der Waals surface area contributed by atoms with Gasteiger partial charge in [-0.15, -0.1) is 0 Å². The molecule has 1 atom stereocenters. The summed E-state index contributed by atoms with van der Waals surface area (Å²) in [7, 11) is 0. The van der Waals surface area contributed by atoms with Gasteiger partial charge < -0.3 is 10.4 Å². The molecule has 15 heavy (non-hydrogen) atoms. The van der Waals surface area contributed by atoms with Gasteiger partial charge in [0.05, 0.1) is 0 Å². The van der Waals surface area contributed by atoms with E-state index in [1.165, 1.54) is 0 Å².